The van der Waals surface area contributed by atoms with Crippen LogP contribution >= 0.6 is 0 Å². The van der Waals surface area contributed by atoms with Crippen molar-refractivity contribution >= 4 is 26.2 Å². The molecule has 0 N–H and O–H groups in total. The van der Waals surface area contributed by atoms with Crippen molar-refractivity contribution in [1.29, 1.82) is 5.26 Å². The highest BCUT2D eigenvalue weighted by atomic mass is 32.2. The molecular weight excluding hydrogens is 516 g/mol. The number of ether oxygens (including phenoxy) is 2. The number of carbonyl (C=O) groups excluding carboxylic acids is 1. The van der Waals surface area contributed by atoms with Gasteiger partial charge in [0.2, 0.25) is 5.75 Å². The number of aromatic nitrogens is 1. The second-order valence-electron chi connectivity index (χ2n) is 8.78. The lowest BCUT2D eigenvalue weighted by Gasteiger charge is -2.44. The molecule has 1 aliphatic rings. The normalized spacial score (nSPS) is 18.8. The number of fused-ring (bicyclic) bond motifs is 1. The molecule has 0 saturated carbocycles. The Kier molecular flexibility index (Phi) is 6.86. The van der Waals surface area contributed by atoms with Crippen molar-refractivity contribution in [3.63, 3.8) is 0 Å². The molecule has 194 valence electrons. The molecule has 0 radical (unpaired) electrons. The highest BCUT2D eigenvalue weighted by Crippen LogP contribution is 2.44. The molecule has 0 amide bonds. The zero-order valence-corrected chi connectivity index (χ0v) is 21.9. The summed E-state index contributed by atoms with van der Waals surface area (Å²) >= 11 is 0. The van der Waals surface area contributed by atoms with E-state index in [1.807, 2.05) is 6.07 Å². The van der Waals surface area contributed by atoms with Gasteiger partial charge in [-0.15, -0.1) is 0 Å². The van der Waals surface area contributed by atoms with Gasteiger partial charge in [-0.3, -0.25) is 14.2 Å². The summed E-state index contributed by atoms with van der Waals surface area (Å²) < 4.78 is 70.0. The third-order valence-corrected chi connectivity index (χ3v) is 6.20. The average molecular weight is 541 g/mol. The van der Waals surface area contributed by atoms with Gasteiger partial charge in [0.1, 0.15) is 17.4 Å². The maximum absolute atomic E-state index is 13.5. The van der Waals surface area contributed by atoms with Gasteiger partial charge < -0.3 is 17.8 Å². The number of hydrogen-bond donors (Lipinski definition) is 0. The molecule has 0 aliphatic carbocycles. The molecule has 1 aromatic carbocycles. The standard InChI is InChI=1S/C22H24N2O10S2/c1-12-19(34-36(6,29)30)17(33-35(5,27)28)11-24(21(12)26)18-15-9-14(10-23)7-8-16(15)32-22(3,4)20(18)31-13(2)25/h7-9,11,18,20H,1-6H3/t18-,20+/m1/s1. The first kappa shape index (κ1) is 27.0. The number of pyridine rings is 1. The Balaban J connectivity index is 2.42. The molecule has 1 aliphatic heterocycles. The smallest absolute Gasteiger partial charge is 0.306 e. The van der Waals surface area contributed by atoms with Crippen LogP contribution in [0, 0.1) is 18.3 Å². The van der Waals surface area contributed by atoms with Crippen molar-refractivity contribution in [3.05, 3.63) is 51.4 Å². The molecular formula is C22H24N2O10S2. The number of nitriles is 1. The largest absolute Gasteiger partial charge is 0.484 e. The summed E-state index contributed by atoms with van der Waals surface area (Å²) in [5, 5.41) is 9.42. The lowest BCUT2D eigenvalue weighted by Crippen LogP contribution is -2.54. The van der Waals surface area contributed by atoms with E-state index in [-0.39, 0.29) is 11.1 Å². The molecule has 36 heavy (non-hydrogen) atoms. The molecule has 0 unspecified atom stereocenters. The summed E-state index contributed by atoms with van der Waals surface area (Å²) in [7, 11) is -8.39. The van der Waals surface area contributed by atoms with Gasteiger partial charge >= 0.3 is 26.2 Å². The van der Waals surface area contributed by atoms with Gasteiger partial charge in [-0.2, -0.15) is 22.1 Å². The SMILES string of the molecule is CC(=O)O[C@H]1[C@H](n2cc(OS(C)(=O)=O)c(OS(C)(=O)=O)c(C)c2=O)c2cc(C#N)ccc2OC1(C)C. The predicted octanol–water partition coefficient (Wildman–Crippen LogP) is 1.40. The number of hydrogen-bond acceptors (Lipinski definition) is 11. The number of nitrogens with zero attached hydrogens (tertiary/aromatic N) is 2. The summed E-state index contributed by atoms with van der Waals surface area (Å²) in [4.78, 5) is 25.6. The highest BCUT2D eigenvalue weighted by Gasteiger charge is 2.48. The molecule has 2 atom stereocenters. The third kappa shape index (κ3) is 5.63. The molecule has 0 fully saturated rings. The van der Waals surface area contributed by atoms with Crippen molar-refractivity contribution in [2.45, 2.75) is 45.4 Å². The van der Waals surface area contributed by atoms with E-state index >= 15 is 0 Å². The van der Waals surface area contributed by atoms with Gasteiger partial charge in [0.15, 0.2) is 11.9 Å². The second-order valence-corrected chi connectivity index (χ2v) is 11.9. The lowest BCUT2D eigenvalue weighted by atomic mass is 9.85. The third-order valence-electron chi connectivity index (χ3n) is 5.25. The van der Waals surface area contributed by atoms with E-state index in [2.05, 4.69) is 0 Å². The Hall–Kier alpha value is -3.57. The minimum Gasteiger partial charge on any atom is -0.484 e. The zero-order valence-electron chi connectivity index (χ0n) is 20.3. The van der Waals surface area contributed by atoms with E-state index in [1.165, 1.54) is 32.0 Å². The first-order valence-corrected chi connectivity index (χ1v) is 14.0. The van der Waals surface area contributed by atoms with Crippen molar-refractivity contribution in [3.8, 4) is 23.3 Å². The van der Waals surface area contributed by atoms with E-state index in [4.69, 9.17) is 17.8 Å². The van der Waals surface area contributed by atoms with Crippen molar-refractivity contribution in [1.82, 2.24) is 4.57 Å². The highest BCUT2D eigenvalue weighted by molar-refractivity contribution is 7.86. The molecule has 0 saturated heterocycles. The molecule has 12 nitrogen and oxygen atoms in total. The maximum atomic E-state index is 13.5. The minimum atomic E-state index is -4.20. The quantitative estimate of drug-likeness (QED) is 0.383. The van der Waals surface area contributed by atoms with Crippen LogP contribution in [0.2, 0.25) is 0 Å². The summed E-state index contributed by atoms with van der Waals surface area (Å²) in [6, 6.07) is 5.35. The molecule has 0 bridgehead atoms. The summed E-state index contributed by atoms with van der Waals surface area (Å²) in [6.45, 7) is 5.65. The Morgan fingerprint density at radius 2 is 1.75 bits per heavy atom. The van der Waals surface area contributed by atoms with Gasteiger partial charge in [-0.1, -0.05) is 0 Å². The van der Waals surface area contributed by atoms with E-state index in [0.717, 1.165) is 23.3 Å². The van der Waals surface area contributed by atoms with Gasteiger partial charge in [0, 0.05) is 12.5 Å². The molecule has 2 heterocycles. The van der Waals surface area contributed by atoms with Gasteiger partial charge in [0.25, 0.3) is 5.56 Å². The van der Waals surface area contributed by atoms with Crippen LogP contribution in [-0.2, 0) is 29.8 Å². The number of esters is 1. The monoisotopic (exact) mass is 540 g/mol. The fourth-order valence-corrected chi connectivity index (χ4v) is 4.87. The van der Waals surface area contributed by atoms with E-state index in [1.54, 1.807) is 13.8 Å². The summed E-state index contributed by atoms with van der Waals surface area (Å²) in [6.07, 6.45) is 1.28. The van der Waals surface area contributed by atoms with Crippen LogP contribution in [-0.4, -0.2) is 51.6 Å². The average Bonchev–Trinajstić information content (AvgIpc) is 2.72. The zero-order chi connectivity index (χ0) is 27.2. The first-order valence-electron chi connectivity index (χ1n) is 10.4. The second kappa shape index (κ2) is 9.14. The number of carbonyl (C=O) groups is 1. The Morgan fingerprint density at radius 1 is 1.14 bits per heavy atom. The van der Waals surface area contributed by atoms with Gasteiger partial charge in [0.05, 0.1) is 35.9 Å². The van der Waals surface area contributed by atoms with Gasteiger partial charge in [-0.05, 0) is 39.0 Å². The Labute approximate surface area is 208 Å². The van der Waals surface area contributed by atoms with Crippen LogP contribution < -0.4 is 18.7 Å². The fourth-order valence-electron chi connectivity index (χ4n) is 3.91. The van der Waals surface area contributed by atoms with Crippen molar-refractivity contribution < 1.29 is 39.5 Å². The lowest BCUT2D eigenvalue weighted by molar-refractivity contribution is -0.163. The van der Waals surface area contributed by atoms with Crippen LogP contribution in [0.25, 0.3) is 0 Å². The van der Waals surface area contributed by atoms with Crippen LogP contribution in [0.3, 0.4) is 0 Å². The number of benzene rings is 1. The molecule has 3 rings (SSSR count). The van der Waals surface area contributed by atoms with Crippen LogP contribution in [0.1, 0.15) is 43.5 Å². The first-order chi connectivity index (χ1) is 16.4. The molecule has 1 aromatic heterocycles. The maximum Gasteiger partial charge on any atom is 0.306 e. The molecule has 2 aromatic rings. The van der Waals surface area contributed by atoms with Crippen LogP contribution in [0.4, 0.5) is 0 Å². The van der Waals surface area contributed by atoms with Crippen molar-refractivity contribution in [2.24, 2.45) is 0 Å². The summed E-state index contributed by atoms with van der Waals surface area (Å²) in [5.41, 5.74) is -1.75. The van der Waals surface area contributed by atoms with E-state index in [0.29, 0.717) is 11.3 Å². The Morgan fingerprint density at radius 3 is 2.28 bits per heavy atom. The van der Waals surface area contributed by atoms with Crippen LogP contribution in [0.15, 0.2) is 29.2 Å². The van der Waals surface area contributed by atoms with E-state index in [9.17, 15) is 31.7 Å². The van der Waals surface area contributed by atoms with Crippen LogP contribution in [0.5, 0.6) is 17.2 Å². The Bertz CT molecular complexity index is 1550. The summed E-state index contributed by atoms with van der Waals surface area (Å²) in [5.74, 6) is -1.58. The topological polar surface area (TPSA) is 168 Å². The fraction of sp³-hybridized carbons (Fsp3) is 0.409. The minimum absolute atomic E-state index is 0.220. The molecule has 14 heteroatoms. The molecule has 0 spiro atoms. The number of rotatable bonds is 6. The van der Waals surface area contributed by atoms with Crippen molar-refractivity contribution in [2.75, 3.05) is 12.5 Å². The van der Waals surface area contributed by atoms with Gasteiger partial charge in [-0.25, -0.2) is 0 Å². The van der Waals surface area contributed by atoms with E-state index < -0.39 is 61.0 Å². The predicted molar refractivity (Wildman–Crippen MR) is 126 cm³/mol.